The normalized spacial score (nSPS) is 14.8. The lowest BCUT2D eigenvalue weighted by molar-refractivity contribution is 0.0322. The van der Waals surface area contributed by atoms with E-state index in [-0.39, 0.29) is 10.6 Å². The molecule has 2 heterocycles. The molecule has 1 aliphatic rings. The molecule has 1 aromatic heterocycles. The van der Waals surface area contributed by atoms with Crippen molar-refractivity contribution in [3.8, 4) is 11.8 Å². The molecule has 0 radical (unpaired) electrons. The van der Waals surface area contributed by atoms with Crippen molar-refractivity contribution in [2.24, 2.45) is 0 Å². The van der Waals surface area contributed by atoms with Crippen LogP contribution in [0, 0.1) is 11.3 Å². The Morgan fingerprint density at radius 3 is 2.56 bits per heavy atom. The maximum absolute atomic E-state index is 13.4. The van der Waals surface area contributed by atoms with E-state index < -0.39 is 22.2 Å². The summed E-state index contributed by atoms with van der Waals surface area (Å²) in [4.78, 5) is 14.9. The molecule has 0 spiro atoms. The second-order valence-corrected chi connectivity index (χ2v) is 9.18. The molecule has 166 valence electrons. The number of benzene rings is 2. The summed E-state index contributed by atoms with van der Waals surface area (Å²) in [7, 11) is -4.06. The van der Waals surface area contributed by atoms with Crippen LogP contribution in [-0.2, 0) is 14.8 Å². The summed E-state index contributed by atoms with van der Waals surface area (Å²) in [5.74, 6) is -0.0503. The first-order valence-electron chi connectivity index (χ1n) is 10.3. The topological polar surface area (TPSA) is 102 Å². The number of Topliss-reactive ketones (excluding diaryl/α,β-unsaturated/α-hetero) is 1. The van der Waals surface area contributed by atoms with Crippen molar-refractivity contribution in [3.05, 3.63) is 60.3 Å². The largest absolute Gasteiger partial charge is 0.492 e. The molecule has 0 unspecified atom stereocenters. The molecule has 3 aromatic rings. The summed E-state index contributed by atoms with van der Waals surface area (Å²) in [6.45, 7) is 4.29. The Bertz CT molecular complexity index is 1260. The fourth-order valence-corrected chi connectivity index (χ4v) is 5.22. The van der Waals surface area contributed by atoms with Gasteiger partial charge in [-0.15, -0.1) is 0 Å². The van der Waals surface area contributed by atoms with Crippen molar-refractivity contribution in [2.75, 3.05) is 39.5 Å². The molecule has 8 nitrogen and oxygen atoms in total. The molecule has 1 aliphatic heterocycles. The van der Waals surface area contributed by atoms with Crippen LogP contribution in [0.4, 0.5) is 0 Å². The zero-order chi connectivity index (χ0) is 22.6. The van der Waals surface area contributed by atoms with E-state index in [2.05, 4.69) is 4.90 Å². The van der Waals surface area contributed by atoms with Crippen LogP contribution in [-0.4, -0.2) is 62.5 Å². The Kier molecular flexibility index (Phi) is 6.55. The van der Waals surface area contributed by atoms with E-state index >= 15 is 0 Å². The minimum Gasteiger partial charge on any atom is -0.492 e. The minimum absolute atomic E-state index is 0.0455. The van der Waals surface area contributed by atoms with Gasteiger partial charge in [0.05, 0.1) is 29.7 Å². The highest BCUT2D eigenvalue weighted by atomic mass is 32.2. The van der Waals surface area contributed by atoms with Gasteiger partial charge < -0.3 is 9.47 Å². The van der Waals surface area contributed by atoms with Crippen molar-refractivity contribution in [2.45, 2.75) is 11.3 Å². The molecule has 0 atom stereocenters. The van der Waals surface area contributed by atoms with Crippen LogP contribution in [0.15, 0.2) is 59.5 Å². The number of ketones is 1. The molecule has 9 heteroatoms. The number of carbonyl (C=O) groups excluding carboxylic acids is 1. The van der Waals surface area contributed by atoms with Gasteiger partial charge in [-0.3, -0.25) is 9.69 Å². The molecule has 1 fully saturated rings. The molecule has 0 aliphatic carbocycles. The van der Waals surface area contributed by atoms with Crippen LogP contribution >= 0.6 is 0 Å². The average Bonchev–Trinajstić information content (AvgIpc) is 3.20. The van der Waals surface area contributed by atoms with Gasteiger partial charge in [-0.2, -0.15) is 5.26 Å². The number of aromatic nitrogens is 1. The molecule has 2 aromatic carbocycles. The van der Waals surface area contributed by atoms with Crippen LogP contribution in [0.2, 0.25) is 0 Å². The maximum atomic E-state index is 13.4. The van der Waals surface area contributed by atoms with Gasteiger partial charge in [0, 0.05) is 31.1 Å². The van der Waals surface area contributed by atoms with Crippen molar-refractivity contribution in [3.63, 3.8) is 0 Å². The Morgan fingerprint density at radius 2 is 1.84 bits per heavy atom. The number of carbonyl (C=O) groups is 1. The molecule has 0 N–H and O–H groups in total. The zero-order valence-electron chi connectivity index (χ0n) is 17.4. The molecular formula is C23H23N3O5S. The number of hydrogen-bond donors (Lipinski definition) is 0. The molecule has 4 rings (SSSR count). The van der Waals surface area contributed by atoms with Gasteiger partial charge in [0.15, 0.2) is 5.78 Å². The Balaban J connectivity index is 1.70. The fourth-order valence-electron chi connectivity index (χ4n) is 3.68. The van der Waals surface area contributed by atoms with Gasteiger partial charge in [0.25, 0.3) is 10.0 Å². The van der Waals surface area contributed by atoms with Crippen LogP contribution < -0.4 is 4.74 Å². The summed E-state index contributed by atoms with van der Waals surface area (Å²) in [5, 5.41) is 9.55. The SMILES string of the molecule is N#CCC(=O)c1cc2ccc(OCCN3CCOCC3)cc2n1S(=O)(=O)c1ccccc1. The quantitative estimate of drug-likeness (QED) is 0.483. The summed E-state index contributed by atoms with van der Waals surface area (Å²) < 4.78 is 39.1. The second-order valence-electron chi connectivity index (χ2n) is 7.39. The third kappa shape index (κ3) is 4.53. The molecule has 0 saturated carbocycles. The molecule has 0 amide bonds. The molecule has 1 saturated heterocycles. The highest BCUT2D eigenvalue weighted by Gasteiger charge is 2.26. The fraction of sp³-hybridized carbons (Fsp3) is 0.304. The number of hydrogen-bond acceptors (Lipinski definition) is 7. The number of nitrogens with zero attached hydrogens (tertiary/aromatic N) is 3. The van der Waals surface area contributed by atoms with Gasteiger partial charge in [-0.1, -0.05) is 18.2 Å². The van der Waals surface area contributed by atoms with Crippen LogP contribution in [0.25, 0.3) is 10.9 Å². The first-order valence-corrected chi connectivity index (χ1v) is 11.7. The Hall–Kier alpha value is -3.19. The second kappa shape index (κ2) is 9.53. The smallest absolute Gasteiger partial charge is 0.268 e. The Morgan fingerprint density at radius 1 is 1.09 bits per heavy atom. The van der Waals surface area contributed by atoms with Crippen LogP contribution in [0.1, 0.15) is 16.9 Å². The van der Waals surface area contributed by atoms with Crippen molar-refractivity contribution >= 4 is 26.7 Å². The van der Waals surface area contributed by atoms with E-state index in [1.165, 1.54) is 18.2 Å². The summed E-state index contributed by atoms with van der Waals surface area (Å²) in [5.41, 5.74) is 0.287. The maximum Gasteiger partial charge on any atom is 0.268 e. The molecular weight excluding hydrogens is 430 g/mol. The monoisotopic (exact) mass is 453 g/mol. The van der Waals surface area contributed by atoms with E-state index in [4.69, 9.17) is 14.7 Å². The first-order chi connectivity index (χ1) is 15.5. The van der Waals surface area contributed by atoms with Gasteiger partial charge >= 0.3 is 0 Å². The number of ether oxygens (including phenoxy) is 2. The standard InChI is InChI=1S/C23H23N3O5S/c24-9-8-23(27)22-16-18-6-7-19(31-15-12-25-10-13-30-14-11-25)17-21(18)26(22)32(28,29)20-4-2-1-3-5-20/h1-7,16-17H,8,10-15H2. The van der Waals surface area contributed by atoms with Gasteiger partial charge in [0.1, 0.15) is 24.5 Å². The molecule has 32 heavy (non-hydrogen) atoms. The van der Waals surface area contributed by atoms with Gasteiger partial charge in [-0.05, 0) is 30.3 Å². The predicted molar refractivity (Wildman–Crippen MR) is 118 cm³/mol. The van der Waals surface area contributed by atoms with Crippen molar-refractivity contribution in [1.82, 2.24) is 8.87 Å². The van der Waals surface area contributed by atoms with Crippen LogP contribution in [0.5, 0.6) is 5.75 Å². The van der Waals surface area contributed by atoms with E-state index in [9.17, 15) is 13.2 Å². The van der Waals surface area contributed by atoms with E-state index in [1.807, 2.05) is 0 Å². The van der Waals surface area contributed by atoms with Crippen LogP contribution in [0.3, 0.4) is 0 Å². The summed E-state index contributed by atoms with van der Waals surface area (Å²) in [6.07, 6.45) is -0.413. The lowest BCUT2D eigenvalue weighted by Crippen LogP contribution is -2.38. The van der Waals surface area contributed by atoms with E-state index in [0.29, 0.717) is 36.5 Å². The Labute approximate surface area is 186 Å². The summed E-state index contributed by atoms with van der Waals surface area (Å²) in [6, 6.07) is 16.3. The average molecular weight is 454 g/mol. The highest BCUT2D eigenvalue weighted by molar-refractivity contribution is 7.90. The number of nitriles is 1. The molecule has 0 bridgehead atoms. The van der Waals surface area contributed by atoms with Crippen molar-refractivity contribution < 1.29 is 22.7 Å². The highest BCUT2D eigenvalue weighted by Crippen LogP contribution is 2.29. The van der Waals surface area contributed by atoms with Gasteiger partial charge in [-0.25, -0.2) is 12.4 Å². The third-order valence-electron chi connectivity index (χ3n) is 5.32. The van der Waals surface area contributed by atoms with E-state index in [0.717, 1.165) is 23.6 Å². The number of morpholine rings is 1. The van der Waals surface area contributed by atoms with Gasteiger partial charge in [0.2, 0.25) is 0 Å². The number of rotatable bonds is 8. The van der Waals surface area contributed by atoms with E-state index in [1.54, 1.807) is 42.5 Å². The predicted octanol–water partition coefficient (Wildman–Crippen LogP) is 2.69. The summed E-state index contributed by atoms with van der Waals surface area (Å²) >= 11 is 0. The zero-order valence-corrected chi connectivity index (χ0v) is 18.3. The third-order valence-corrected chi connectivity index (χ3v) is 7.06. The first kappa shape index (κ1) is 22.0. The lowest BCUT2D eigenvalue weighted by Gasteiger charge is -2.26. The lowest BCUT2D eigenvalue weighted by atomic mass is 10.2. The minimum atomic E-state index is -4.06. The number of fused-ring (bicyclic) bond motifs is 1. The van der Waals surface area contributed by atoms with Crippen molar-refractivity contribution in [1.29, 1.82) is 5.26 Å².